The van der Waals surface area contributed by atoms with Gasteiger partial charge >= 0.3 is 11.9 Å². The van der Waals surface area contributed by atoms with Crippen molar-refractivity contribution in [3.63, 3.8) is 0 Å². The lowest BCUT2D eigenvalue weighted by Gasteiger charge is -2.65. The van der Waals surface area contributed by atoms with Gasteiger partial charge < -0.3 is 14.9 Å². The van der Waals surface area contributed by atoms with Crippen LogP contribution in [0.15, 0.2) is 48.6 Å². The molecule has 0 amide bonds. The number of carbonyl (C=O) groups is 2. The van der Waals surface area contributed by atoms with Gasteiger partial charge in [-0.15, -0.1) is 0 Å². The Hall–Kier alpha value is -2.40. The van der Waals surface area contributed by atoms with E-state index in [0.717, 1.165) is 43.2 Å². The predicted molar refractivity (Wildman–Crippen MR) is 130 cm³/mol. The summed E-state index contributed by atoms with van der Waals surface area (Å²) in [6.45, 7) is 8.46. The van der Waals surface area contributed by atoms with E-state index in [1.165, 1.54) is 6.08 Å². The first kappa shape index (κ1) is 23.3. The van der Waals surface area contributed by atoms with Gasteiger partial charge in [0, 0.05) is 11.5 Å². The van der Waals surface area contributed by atoms with E-state index >= 15 is 0 Å². The molecule has 0 aromatic heterocycles. The Morgan fingerprint density at radius 3 is 2.56 bits per heavy atom. The van der Waals surface area contributed by atoms with Gasteiger partial charge in [-0.05, 0) is 85.8 Å². The van der Waals surface area contributed by atoms with Gasteiger partial charge in [-0.2, -0.15) is 0 Å². The number of rotatable bonds is 4. The molecule has 0 saturated heterocycles. The van der Waals surface area contributed by atoms with Crippen LogP contribution < -0.4 is 0 Å². The Morgan fingerprint density at radius 2 is 1.85 bits per heavy atom. The van der Waals surface area contributed by atoms with Crippen LogP contribution in [0.25, 0.3) is 6.08 Å². The third-order valence-corrected chi connectivity index (χ3v) is 10.2. The van der Waals surface area contributed by atoms with Crippen molar-refractivity contribution in [3.8, 4) is 0 Å². The van der Waals surface area contributed by atoms with Gasteiger partial charge in [0.05, 0.1) is 11.5 Å². The number of carbonyl (C=O) groups excluding carboxylic acids is 1. The van der Waals surface area contributed by atoms with Crippen LogP contribution >= 0.6 is 0 Å². The fourth-order valence-electron chi connectivity index (χ4n) is 8.59. The van der Waals surface area contributed by atoms with E-state index < -0.39 is 35.0 Å². The first-order chi connectivity index (χ1) is 16.1. The number of esters is 1. The maximum atomic E-state index is 12.9. The number of hydrogen-bond donors (Lipinski definition) is 2. The number of fused-ring (bicyclic) bond motifs is 3. The molecule has 4 saturated carbocycles. The quantitative estimate of drug-likeness (QED) is 0.361. The largest absolute Gasteiger partial charge is 0.481 e. The molecule has 2 N–H and O–H groups in total. The summed E-state index contributed by atoms with van der Waals surface area (Å²) in [6, 6.07) is 9.61. The number of aliphatic carboxylic acids is 1. The Bertz CT molecular complexity index is 1030. The minimum atomic E-state index is -0.841. The predicted octanol–water partition coefficient (Wildman–Crippen LogP) is 5.25. The Morgan fingerprint density at radius 1 is 1.12 bits per heavy atom. The molecule has 0 radical (unpaired) electrons. The smallest absolute Gasteiger partial charge is 0.331 e. The summed E-state index contributed by atoms with van der Waals surface area (Å²) in [5, 5.41) is 21.9. The molecule has 8 atom stereocenters. The van der Waals surface area contributed by atoms with Crippen LogP contribution in [0.2, 0.25) is 0 Å². The Labute approximate surface area is 201 Å². The van der Waals surface area contributed by atoms with Crippen molar-refractivity contribution < 1.29 is 24.5 Å². The summed E-state index contributed by atoms with van der Waals surface area (Å²) in [7, 11) is 0. The summed E-state index contributed by atoms with van der Waals surface area (Å²) in [5.41, 5.74) is 0.194. The lowest BCUT2D eigenvalue weighted by Crippen LogP contribution is -2.65. The van der Waals surface area contributed by atoms with Crippen LogP contribution in [-0.2, 0) is 14.3 Å². The highest BCUT2D eigenvalue weighted by Crippen LogP contribution is 2.72. The minimum absolute atomic E-state index is 0.0964. The monoisotopic (exact) mass is 464 g/mol. The van der Waals surface area contributed by atoms with E-state index in [0.29, 0.717) is 12.8 Å². The fraction of sp³-hybridized carbons (Fsp3) is 0.586. The molecule has 182 valence electrons. The molecular weight excluding hydrogens is 428 g/mol. The molecule has 5 heteroatoms. The molecule has 4 fully saturated rings. The number of carboxylic acid groups (broad SMARTS) is 1. The van der Waals surface area contributed by atoms with Gasteiger partial charge in [0.15, 0.2) is 0 Å². The number of ether oxygens (including phenoxy) is 1. The van der Waals surface area contributed by atoms with Crippen molar-refractivity contribution in [2.24, 2.45) is 34.0 Å². The number of benzene rings is 1. The molecule has 5 nitrogen and oxygen atoms in total. The lowest BCUT2D eigenvalue weighted by atomic mass is 9.40. The molecular formula is C29H36O5. The fourth-order valence-corrected chi connectivity index (χ4v) is 8.59. The molecule has 4 aliphatic rings. The molecule has 1 aromatic carbocycles. The minimum Gasteiger partial charge on any atom is -0.481 e. The van der Waals surface area contributed by atoms with E-state index in [4.69, 9.17) is 4.74 Å². The second kappa shape index (κ2) is 8.08. The summed E-state index contributed by atoms with van der Waals surface area (Å²) in [6.07, 6.45) is 7.48. The number of aliphatic hydroxyl groups excluding tert-OH is 1. The zero-order valence-corrected chi connectivity index (χ0v) is 20.2. The van der Waals surface area contributed by atoms with Crippen molar-refractivity contribution in [3.05, 3.63) is 54.1 Å². The van der Waals surface area contributed by atoms with Crippen molar-refractivity contribution in [1.82, 2.24) is 0 Å². The average Bonchev–Trinajstić information content (AvgIpc) is 3.01. The topological polar surface area (TPSA) is 83.8 Å². The molecule has 1 spiro atoms. The van der Waals surface area contributed by atoms with Crippen LogP contribution in [0.1, 0.15) is 64.4 Å². The molecule has 34 heavy (non-hydrogen) atoms. The van der Waals surface area contributed by atoms with Crippen molar-refractivity contribution in [1.29, 1.82) is 0 Å². The van der Waals surface area contributed by atoms with Crippen LogP contribution in [0, 0.1) is 34.0 Å². The second-order valence-corrected chi connectivity index (χ2v) is 11.7. The van der Waals surface area contributed by atoms with E-state index in [9.17, 15) is 19.8 Å². The van der Waals surface area contributed by atoms with Crippen molar-refractivity contribution in [2.45, 2.75) is 71.0 Å². The van der Waals surface area contributed by atoms with Gasteiger partial charge in [-0.1, -0.05) is 50.3 Å². The van der Waals surface area contributed by atoms with Crippen LogP contribution in [0.5, 0.6) is 0 Å². The van der Waals surface area contributed by atoms with E-state index in [1.54, 1.807) is 6.08 Å². The Kier molecular flexibility index (Phi) is 5.55. The van der Waals surface area contributed by atoms with E-state index in [2.05, 4.69) is 13.5 Å². The van der Waals surface area contributed by atoms with Crippen LogP contribution in [0.4, 0.5) is 0 Å². The standard InChI is InChI=1S/C29H36O5/c1-18-20-11-12-21-27(2)14-7-15-28(3,26(32)33)22(27)16-23(30)29(21,17-20)25(18)34-24(31)13-10-19-8-5-4-6-9-19/h4-6,8-10,13,20-23,25,30H,1,7,11-12,14-17H2,2-3H3,(H,32,33). The van der Waals surface area contributed by atoms with Crippen molar-refractivity contribution >= 4 is 18.0 Å². The van der Waals surface area contributed by atoms with E-state index in [-0.39, 0.29) is 23.2 Å². The summed E-state index contributed by atoms with van der Waals surface area (Å²) >= 11 is 0. The first-order valence-electron chi connectivity index (χ1n) is 12.7. The average molecular weight is 465 g/mol. The molecule has 5 rings (SSSR count). The third kappa shape index (κ3) is 3.23. The number of carboxylic acids is 1. The molecule has 4 aliphatic carbocycles. The van der Waals surface area contributed by atoms with Gasteiger partial charge in [0.25, 0.3) is 0 Å². The van der Waals surface area contributed by atoms with Crippen molar-refractivity contribution in [2.75, 3.05) is 0 Å². The maximum Gasteiger partial charge on any atom is 0.331 e. The molecule has 1 aromatic rings. The Balaban J connectivity index is 1.48. The zero-order chi connectivity index (χ0) is 24.3. The number of aliphatic hydroxyl groups is 1. The summed E-state index contributed by atoms with van der Waals surface area (Å²) < 4.78 is 6.11. The van der Waals surface area contributed by atoms with Gasteiger partial charge in [0.1, 0.15) is 6.10 Å². The molecule has 0 aliphatic heterocycles. The first-order valence-corrected chi connectivity index (χ1v) is 12.7. The maximum absolute atomic E-state index is 12.9. The number of hydrogen-bond acceptors (Lipinski definition) is 4. The van der Waals surface area contributed by atoms with E-state index in [1.807, 2.05) is 37.3 Å². The summed E-state index contributed by atoms with van der Waals surface area (Å²) in [4.78, 5) is 25.3. The summed E-state index contributed by atoms with van der Waals surface area (Å²) in [5.74, 6) is -0.952. The third-order valence-electron chi connectivity index (χ3n) is 10.2. The lowest BCUT2D eigenvalue weighted by molar-refractivity contribution is -0.229. The van der Waals surface area contributed by atoms with Gasteiger partial charge in [0.2, 0.25) is 0 Å². The van der Waals surface area contributed by atoms with Gasteiger partial charge in [-0.25, -0.2) is 4.79 Å². The SMILES string of the molecule is C=C1C2CCC3C4(C)CCCC(C)(C(=O)O)C4CC(O)C3(C2)C1OC(=O)C=Cc1ccccc1. The molecule has 2 bridgehead atoms. The molecule has 0 heterocycles. The zero-order valence-electron chi connectivity index (χ0n) is 20.2. The van der Waals surface area contributed by atoms with Gasteiger partial charge in [-0.3, -0.25) is 4.79 Å². The highest BCUT2D eigenvalue weighted by atomic mass is 16.5. The normalized spacial score (nSPS) is 43.3. The van der Waals surface area contributed by atoms with Crippen LogP contribution in [-0.4, -0.2) is 34.4 Å². The van der Waals surface area contributed by atoms with Crippen LogP contribution in [0.3, 0.4) is 0 Å². The molecule has 8 unspecified atom stereocenters. The highest BCUT2D eigenvalue weighted by molar-refractivity contribution is 5.87. The second-order valence-electron chi connectivity index (χ2n) is 11.7. The highest BCUT2D eigenvalue weighted by Gasteiger charge is 2.71.